The first-order valence-corrected chi connectivity index (χ1v) is 6.38. The van der Waals surface area contributed by atoms with Crippen molar-refractivity contribution in [3.63, 3.8) is 0 Å². The number of fused-ring (bicyclic) bond motifs is 1. The lowest BCUT2D eigenvalue weighted by molar-refractivity contribution is -0.118. The number of hydrazine groups is 1. The van der Waals surface area contributed by atoms with Gasteiger partial charge in [0.15, 0.2) is 0 Å². The zero-order valence-electron chi connectivity index (χ0n) is 11.3. The number of rotatable bonds is 3. The van der Waals surface area contributed by atoms with Crippen molar-refractivity contribution < 1.29 is 4.79 Å². The molecule has 3 heterocycles. The number of hydrogen-bond acceptors (Lipinski definition) is 4. The highest BCUT2D eigenvalue weighted by Crippen LogP contribution is 2.27. The molecule has 102 valence electrons. The second-order valence-corrected chi connectivity index (χ2v) is 4.66. The normalized spacial score (nSPS) is 12.3. The molecule has 0 aromatic carbocycles. The predicted molar refractivity (Wildman–Crippen MR) is 76.7 cm³/mol. The Morgan fingerprint density at radius 3 is 2.95 bits per heavy atom. The zero-order chi connectivity index (χ0) is 14.1. The van der Waals surface area contributed by atoms with Crippen LogP contribution in [0.2, 0.25) is 0 Å². The maximum Gasteiger partial charge on any atom is 0.235 e. The van der Waals surface area contributed by atoms with E-state index in [1.807, 2.05) is 25.3 Å². The molecule has 0 saturated carbocycles. The summed E-state index contributed by atoms with van der Waals surface area (Å²) in [5, 5.41) is 0. The summed E-state index contributed by atoms with van der Waals surface area (Å²) in [5.74, 6) is 1.49. The fourth-order valence-corrected chi connectivity index (χ4v) is 2.28. The van der Waals surface area contributed by atoms with Gasteiger partial charge in [-0.05, 0) is 19.1 Å². The summed E-state index contributed by atoms with van der Waals surface area (Å²) >= 11 is 0. The van der Waals surface area contributed by atoms with Crippen LogP contribution < -0.4 is 10.9 Å². The van der Waals surface area contributed by atoms with Crippen LogP contribution in [-0.4, -0.2) is 20.4 Å². The van der Waals surface area contributed by atoms with E-state index in [2.05, 4.69) is 31.5 Å². The molecular formula is C14H15N5O. The Kier molecular flexibility index (Phi) is 2.98. The van der Waals surface area contributed by atoms with Crippen LogP contribution in [-0.2, 0) is 11.2 Å². The van der Waals surface area contributed by atoms with Gasteiger partial charge in [0, 0.05) is 31.3 Å². The number of amides is 1. The van der Waals surface area contributed by atoms with Gasteiger partial charge in [-0.15, -0.1) is 0 Å². The molecule has 0 unspecified atom stereocenters. The zero-order valence-corrected chi connectivity index (χ0v) is 11.3. The van der Waals surface area contributed by atoms with Crippen molar-refractivity contribution in [3.8, 4) is 11.3 Å². The molecule has 0 fully saturated rings. The highest BCUT2D eigenvalue weighted by atomic mass is 16.2. The Hall–Kier alpha value is -2.63. The van der Waals surface area contributed by atoms with E-state index in [1.165, 1.54) is 6.92 Å². The molecule has 20 heavy (non-hydrogen) atoms. The third kappa shape index (κ3) is 2.16. The summed E-state index contributed by atoms with van der Waals surface area (Å²) in [4.78, 5) is 19.7. The van der Waals surface area contributed by atoms with E-state index in [-0.39, 0.29) is 5.91 Å². The Labute approximate surface area is 116 Å². The fourth-order valence-electron chi connectivity index (χ4n) is 2.28. The van der Waals surface area contributed by atoms with Crippen LogP contribution >= 0.6 is 0 Å². The topological polar surface area (TPSA) is 71.8 Å². The lowest BCUT2D eigenvalue weighted by Crippen LogP contribution is -2.26. The van der Waals surface area contributed by atoms with E-state index >= 15 is 0 Å². The van der Waals surface area contributed by atoms with Gasteiger partial charge < -0.3 is 4.57 Å². The number of aryl methyl sites for hydroxylation is 1. The van der Waals surface area contributed by atoms with Gasteiger partial charge in [0.2, 0.25) is 5.91 Å². The minimum atomic E-state index is -0.162. The van der Waals surface area contributed by atoms with E-state index in [0.29, 0.717) is 5.82 Å². The number of pyridine rings is 1. The lowest BCUT2D eigenvalue weighted by Gasteiger charge is -2.07. The number of anilines is 1. The quantitative estimate of drug-likeness (QED) is 0.833. The molecule has 0 aliphatic carbocycles. The Morgan fingerprint density at radius 1 is 1.40 bits per heavy atom. The Morgan fingerprint density at radius 2 is 2.25 bits per heavy atom. The van der Waals surface area contributed by atoms with Crippen molar-refractivity contribution in [2.24, 2.45) is 0 Å². The van der Waals surface area contributed by atoms with Gasteiger partial charge in [0.05, 0.1) is 11.4 Å². The molecule has 1 aliphatic rings. The van der Waals surface area contributed by atoms with Crippen LogP contribution in [0.5, 0.6) is 0 Å². The summed E-state index contributed by atoms with van der Waals surface area (Å²) in [5.41, 5.74) is 8.28. The van der Waals surface area contributed by atoms with E-state index in [0.717, 1.165) is 29.2 Å². The second kappa shape index (κ2) is 4.80. The molecule has 0 saturated heterocycles. The van der Waals surface area contributed by atoms with Gasteiger partial charge in [-0.2, -0.15) is 0 Å². The highest BCUT2D eigenvalue weighted by Gasteiger charge is 2.16. The molecular weight excluding hydrogens is 254 g/mol. The molecule has 0 radical (unpaired) electrons. The Balaban J connectivity index is 1.88. The minimum absolute atomic E-state index is 0.162. The number of aromatic nitrogens is 3. The second-order valence-electron chi connectivity index (χ2n) is 4.66. The molecule has 2 aromatic heterocycles. The molecule has 0 spiro atoms. The number of nitrogens with one attached hydrogen (secondary N) is 2. The van der Waals surface area contributed by atoms with E-state index < -0.39 is 0 Å². The van der Waals surface area contributed by atoms with E-state index in [9.17, 15) is 4.79 Å². The maximum absolute atomic E-state index is 10.8. The molecule has 3 rings (SSSR count). The van der Waals surface area contributed by atoms with Gasteiger partial charge in [-0.1, -0.05) is 6.08 Å². The SMILES string of the molecule is CC(=O)NNc1ccc(-c2c(C)nc3n2C=CC3)cn1. The number of carbonyl (C=O) groups is 1. The fraction of sp³-hybridized carbons (Fsp3) is 0.214. The van der Waals surface area contributed by atoms with Gasteiger partial charge in [0.1, 0.15) is 11.6 Å². The third-order valence-corrected chi connectivity index (χ3v) is 3.12. The van der Waals surface area contributed by atoms with Crippen LogP contribution in [0, 0.1) is 6.92 Å². The lowest BCUT2D eigenvalue weighted by atomic mass is 10.2. The molecule has 6 nitrogen and oxygen atoms in total. The molecule has 6 heteroatoms. The molecule has 2 aromatic rings. The number of nitrogens with zero attached hydrogens (tertiary/aromatic N) is 3. The molecule has 0 bridgehead atoms. The van der Waals surface area contributed by atoms with Crippen LogP contribution in [0.15, 0.2) is 24.4 Å². The van der Waals surface area contributed by atoms with Crippen molar-refractivity contribution in [1.82, 2.24) is 20.0 Å². The smallest absolute Gasteiger partial charge is 0.235 e. The number of imidazole rings is 1. The standard InChI is InChI=1S/C14H15N5O/c1-9-14(19-7-3-4-13(19)16-9)11-5-6-12(15-8-11)18-17-10(2)20/h3,5-8H,4H2,1-2H3,(H,15,18)(H,17,20). The van der Waals surface area contributed by atoms with Gasteiger partial charge in [0.25, 0.3) is 0 Å². The van der Waals surface area contributed by atoms with Crippen LogP contribution in [0.1, 0.15) is 18.4 Å². The van der Waals surface area contributed by atoms with Gasteiger partial charge >= 0.3 is 0 Å². The van der Waals surface area contributed by atoms with E-state index in [4.69, 9.17) is 0 Å². The summed E-state index contributed by atoms with van der Waals surface area (Å²) in [6.07, 6.45) is 6.77. The van der Waals surface area contributed by atoms with Crippen molar-refractivity contribution >= 4 is 17.9 Å². The molecule has 1 aliphatic heterocycles. The van der Waals surface area contributed by atoms with Crippen molar-refractivity contribution in [3.05, 3.63) is 35.9 Å². The van der Waals surface area contributed by atoms with Crippen LogP contribution in [0.25, 0.3) is 17.5 Å². The molecule has 2 N–H and O–H groups in total. The first-order valence-electron chi connectivity index (χ1n) is 6.38. The average Bonchev–Trinajstić information content (AvgIpc) is 2.97. The summed E-state index contributed by atoms with van der Waals surface area (Å²) in [6.45, 7) is 3.44. The summed E-state index contributed by atoms with van der Waals surface area (Å²) in [7, 11) is 0. The van der Waals surface area contributed by atoms with Gasteiger partial charge in [-0.25, -0.2) is 9.97 Å². The summed E-state index contributed by atoms with van der Waals surface area (Å²) < 4.78 is 2.09. The van der Waals surface area contributed by atoms with Gasteiger partial charge in [-0.3, -0.25) is 15.6 Å². The van der Waals surface area contributed by atoms with Crippen molar-refractivity contribution in [1.29, 1.82) is 0 Å². The number of allylic oxidation sites excluding steroid dienone is 1. The van der Waals surface area contributed by atoms with Crippen molar-refractivity contribution in [2.45, 2.75) is 20.3 Å². The molecule has 1 amide bonds. The highest BCUT2D eigenvalue weighted by molar-refractivity contribution is 5.74. The predicted octanol–water partition coefficient (Wildman–Crippen LogP) is 1.74. The third-order valence-electron chi connectivity index (χ3n) is 3.12. The monoisotopic (exact) mass is 269 g/mol. The number of carbonyl (C=O) groups excluding carboxylic acids is 1. The van der Waals surface area contributed by atoms with E-state index in [1.54, 1.807) is 6.20 Å². The average molecular weight is 269 g/mol. The first kappa shape index (κ1) is 12.4. The summed E-state index contributed by atoms with van der Waals surface area (Å²) in [6, 6.07) is 3.78. The van der Waals surface area contributed by atoms with Crippen LogP contribution in [0.4, 0.5) is 5.82 Å². The minimum Gasteiger partial charge on any atom is -0.303 e. The largest absolute Gasteiger partial charge is 0.303 e. The number of hydrogen-bond donors (Lipinski definition) is 2. The maximum atomic E-state index is 10.8. The molecule has 0 atom stereocenters. The van der Waals surface area contributed by atoms with Crippen molar-refractivity contribution in [2.75, 3.05) is 5.43 Å². The Bertz CT molecular complexity index is 684. The van der Waals surface area contributed by atoms with Crippen LogP contribution in [0.3, 0.4) is 0 Å². The first-order chi connectivity index (χ1) is 9.65.